The van der Waals surface area contributed by atoms with Gasteiger partial charge in [0, 0.05) is 0 Å². The van der Waals surface area contributed by atoms with Crippen molar-refractivity contribution in [1.82, 2.24) is 0 Å². The van der Waals surface area contributed by atoms with E-state index in [1.165, 1.54) is 11.8 Å². The number of hydrogen-bond donors (Lipinski definition) is 0. The van der Waals surface area contributed by atoms with Crippen LogP contribution in [-0.4, -0.2) is 31.4 Å². The first-order valence-corrected chi connectivity index (χ1v) is 8.87. The van der Waals surface area contributed by atoms with Crippen LogP contribution in [0.15, 0.2) is 29.2 Å². The molecule has 0 saturated heterocycles. The SMILES string of the molecule is CCCC(C(=O)OCC)C(=O)OCC.CSc1ccccc1[O]. The van der Waals surface area contributed by atoms with Crippen LogP contribution in [0.3, 0.4) is 0 Å². The van der Waals surface area contributed by atoms with Crippen LogP contribution < -0.4 is 0 Å². The number of carbonyl (C=O) groups excluding carboxylic acids is 2. The Morgan fingerprint density at radius 2 is 1.57 bits per heavy atom. The Morgan fingerprint density at radius 3 is 1.91 bits per heavy atom. The molecule has 0 heterocycles. The van der Waals surface area contributed by atoms with Gasteiger partial charge >= 0.3 is 11.9 Å². The quantitative estimate of drug-likeness (QED) is 0.424. The molecule has 0 aliphatic heterocycles. The fraction of sp³-hybridized carbons (Fsp3) is 0.529. The van der Waals surface area contributed by atoms with Crippen molar-refractivity contribution in [2.45, 2.75) is 38.5 Å². The summed E-state index contributed by atoms with van der Waals surface area (Å²) in [7, 11) is 0. The third kappa shape index (κ3) is 8.50. The lowest BCUT2D eigenvalue weighted by Gasteiger charge is -2.12. The minimum absolute atomic E-state index is 0.116. The molecule has 0 spiro atoms. The van der Waals surface area contributed by atoms with Gasteiger partial charge in [-0.2, -0.15) is 0 Å². The van der Waals surface area contributed by atoms with Crippen LogP contribution in [0.4, 0.5) is 0 Å². The largest absolute Gasteiger partial charge is 0.465 e. The van der Waals surface area contributed by atoms with Gasteiger partial charge in [-0.25, -0.2) is 0 Å². The smallest absolute Gasteiger partial charge is 0.320 e. The standard InChI is InChI=1S/C10H18O4.C7H7OS/c1-4-7-8(9(11)13-5-2)10(12)14-6-3;1-9-7-5-3-2-4-6(7)8/h8H,4-7H2,1-3H3;2-5H,1H3. The zero-order chi connectivity index (χ0) is 17.7. The van der Waals surface area contributed by atoms with Crippen LogP contribution >= 0.6 is 11.8 Å². The third-order valence-corrected chi connectivity index (χ3v) is 3.57. The summed E-state index contributed by atoms with van der Waals surface area (Å²) in [5.74, 6) is -1.59. The zero-order valence-electron chi connectivity index (χ0n) is 14.2. The normalized spacial score (nSPS) is 9.78. The van der Waals surface area contributed by atoms with Gasteiger partial charge in [0.1, 0.15) is 0 Å². The van der Waals surface area contributed by atoms with Crippen LogP contribution in [0.2, 0.25) is 0 Å². The van der Waals surface area contributed by atoms with E-state index in [1.54, 1.807) is 26.0 Å². The maximum atomic E-state index is 11.3. The molecule has 1 rings (SSSR count). The molecule has 0 atom stereocenters. The number of benzene rings is 1. The molecule has 0 unspecified atom stereocenters. The van der Waals surface area contributed by atoms with Gasteiger partial charge in [0.2, 0.25) is 0 Å². The number of esters is 2. The fourth-order valence-corrected chi connectivity index (χ4v) is 2.21. The molecule has 0 N–H and O–H groups in total. The van der Waals surface area contributed by atoms with Crippen molar-refractivity contribution in [2.24, 2.45) is 5.92 Å². The first-order valence-electron chi connectivity index (χ1n) is 7.64. The van der Waals surface area contributed by atoms with E-state index in [9.17, 15) is 14.7 Å². The summed E-state index contributed by atoms with van der Waals surface area (Å²) in [5.41, 5.74) is 0. The Labute approximate surface area is 142 Å². The predicted molar refractivity (Wildman–Crippen MR) is 90.0 cm³/mol. The molecule has 6 heteroatoms. The van der Waals surface area contributed by atoms with Gasteiger partial charge in [-0.05, 0) is 38.7 Å². The molecular formula is C17H25O5S. The van der Waals surface area contributed by atoms with Gasteiger partial charge in [-0.1, -0.05) is 25.5 Å². The number of carbonyl (C=O) groups is 2. The summed E-state index contributed by atoms with van der Waals surface area (Å²) >= 11 is 1.48. The maximum absolute atomic E-state index is 11.3. The maximum Gasteiger partial charge on any atom is 0.320 e. The predicted octanol–water partition coefficient (Wildman–Crippen LogP) is 4.08. The molecule has 1 aromatic rings. The van der Waals surface area contributed by atoms with Crippen molar-refractivity contribution in [3.8, 4) is 5.75 Å². The van der Waals surface area contributed by atoms with Crippen molar-refractivity contribution in [3.63, 3.8) is 0 Å². The molecule has 1 aromatic carbocycles. The molecule has 23 heavy (non-hydrogen) atoms. The highest BCUT2D eigenvalue weighted by Gasteiger charge is 2.28. The molecule has 0 aliphatic rings. The summed E-state index contributed by atoms with van der Waals surface area (Å²) in [5, 5.41) is 10.8. The highest BCUT2D eigenvalue weighted by Crippen LogP contribution is 2.25. The summed E-state index contributed by atoms with van der Waals surface area (Å²) in [6, 6.07) is 7.02. The Hall–Kier alpha value is -1.69. The first kappa shape index (κ1) is 21.3. The van der Waals surface area contributed by atoms with E-state index < -0.39 is 17.9 Å². The van der Waals surface area contributed by atoms with Gasteiger partial charge in [0.25, 0.3) is 0 Å². The molecular weight excluding hydrogens is 316 g/mol. The highest BCUT2D eigenvalue weighted by atomic mass is 32.2. The van der Waals surface area contributed by atoms with Crippen molar-refractivity contribution < 1.29 is 24.2 Å². The average molecular weight is 341 g/mol. The Balaban J connectivity index is 0.000000459. The number of thioether (sulfide) groups is 1. The van der Waals surface area contributed by atoms with Gasteiger partial charge in [0.05, 0.1) is 18.1 Å². The number of para-hydroxylation sites is 1. The van der Waals surface area contributed by atoms with E-state index in [0.29, 0.717) is 19.6 Å². The summed E-state index contributed by atoms with van der Waals surface area (Å²) in [4.78, 5) is 23.5. The molecule has 0 amide bonds. The van der Waals surface area contributed by atoms with Crippen molar-refractivity contribution in [2.75, 3.05) is 19.5 Å². The second-order valence-corrected chi connectivity index (χ2v) is 5.34. The minimum Gasteiger partial charge on any atom is -0.465 e. The average Bonchev–Trinajstić information content (AvgIpc) is 2.54. The van der Waals surface area contributed by atoms with Gasteiger partial charge in [0.15, 0.2) is 11.7 Å². The molecule has 0 bridgehead atoms. The van der Waals surface area contributed by atoms with Crippen molar-refractivity contribution >= 4 is 23.7 Å². The van der Waals surface area contributed by atoms with E-state index in [0.717, 1.165) is 11.3 Å². The third-order valence-electron chi connectivity index (χ3n) is 2.79. The Bertz CT molecular complexity index is 458. The van der Waals surface area contributed by atoms with Gasteiger partial charge < -0.3 is 9.47 Å². The second kappa shape index (κ2) is 12.8. The minimum atomic E-state index is -0.750. The first-order chi connectivity index (χ1) is 11.0. The van der Waals surface area contributed by atoms with Crippen molar-refractivity contribution in [1.29, 1.82) is 0 Å². The molecule has 0 aromatic heterocycles. The van der Waals surface area contributed by atoms with E-state index in [4.69, 9.17) is 9.47 Å². The number of ether oxygens (including phenoxy) is 2. The Morgan fingerprint density at radius 1 is 1.04 bits per heavy atom. The monoisotopic (exact) mass is 341 g/mol. The molecule has 0 fully saturated rings. The summed E-state index contributed by atoms with van der Waals surface area (Å²) in [6.45, 7) is 5.92. The van der Waals surface area contributed by atoms with E-state index in [1.807, 2.05) is 25.3 Å². The lowest BCUT2D eigenvalue weighted by Crippen LogP contribution is -2.27. The number of hydrogen-bond acceptors (Lipinski definition) is 5. The lowest BCUT2D eigenvalue weighted by atomic mass is 10.0. The van der Waals surface area contributed by atoms with Crippen LogP contribution in [0.5, 0.6) is 5.75 Å². The summed E-state index contributed by atoms with van der Waals surface area (Å²) in [6.07, 6.45) is 3.14. The molecule has 129 valence electrons. The van der Waals surface area contributed by atoms with Crippen LogP contribution in [0, 0.1) is 5.92 Å². The van der Waals surface area contributed by atoms with Gasteiger partial charge in [-0.3, -0.25) is 14.7 Å². The highest BCUT2D eigenvalue weighted by molar-refractivity contribution is 7.98. The van der Waals surface area contributed by atoms with E-state index in [2.05, 4.69) is 0 Å². The lowest BCUT2D eigenvalue weighted by molar-refractivity contribution is -0.161. The molecule has 0 saturated carbocycles. The summed E-state index contributed by atoms with van der Waals surface area (Å²) < 4.78 is 9.57. The topological polar surface area (TPSA) is 72.5 Å². The Kier molecular flexibility index (Phi) is 11.9. The van der Waals surface area contributed by atoms with Crippen LogP contribution in [-0.2, 0) is 24.2 Å². The number of rotatable bonds is 7. The molecule has 5 nitrogen and oxygen atoms in total. The van der Waals surface area contributed by atoms with E-state index >= 15 is 0 Å². The van der Waals surface area contributed by atoms with Crippen LogP contribution in [0.1, 0.15) is 33.6 Å². The van der Waals surface area contributed by atoms with Gasteiger partial charge in [-0.15, -0.1) is 11.8 Å². The van der Waals surface area contributed by atoms with E-state index in [-0.39, 0.29) is 5.75 Å². The molecule has 1 radical (unpaired) electrons. The zero-order valence-corrected chi connectivity index (χ0v) is 15.0. The van der Waals surface area contributed by atoms with Crippen LogP contribution in [0.25, 0.3) is 0 Å². The van der Waals surface area contributed by atoms with Crippen molar-refractivity contribution in [3.05, 3.63) is 24.3 Å². The fourth-order valence-electron chi connectivity index (χ4n) is 1.73. The molecule has 0 aliphatic carbocycles. The second-order valence-electron chi connectivity index (χ2n) is 4.50.